The minimum atomic E-state index is -4.60. The summed E-state index contributed by atoms with van der Waals surface area (Å²) in [6.07, 6.45) is 3.11. The smallest absolute Gasteiger partial charge is 0.258 e. The Hall–Kier alpha value is -2.45. The van der Waals surface area contributed by atoms with Crippen molar-refractivity contribution < 1.29 is 23.0 Å². The second-order valence-electron chi connectivity index (χ2n) is 5.07. The van der Waals surface area contributed by atoms with Crippen LogP contribution in [0.2, 0.25) is 0 Å². The van der Waals surface area contributed by atoms with E-state index < -0.39 is 33.0 Å². The zero-order valence-electron chi connectivity index (χ0n) is 11.1. The van der Waals surface area contributed by atoms with E-state index in [1.54, 1.807) is 0 Å². The highest BCUT2D eigenvalue weighted by Gasteiger charge is 2.59. The minimum Gasteiger partial charge on any atom is -0.258 e. The van der Waals surface area contributed by atoms with Crippen LogP contribution < -0.4 is 0 Å². The highest BCUT2D eigenvalue weighted by atomic mass is 19.4. The van der Waals surface area contributed by atoms with Gasteiger partial charge >= 0.3 is 11.8 Å². The molecule has 0 amide bonds. The average Bonchev–Trinajstić information content (AvgIpc) is 2.46. The molecule has 1 unspecified atom stereocenters. The van der Waals surface area contributed by atoms with Crippen LogP contribution >= 0.6 is 0 Å². The first kappa shape index (κ1) is 15.9. The Morgan fingerprint density at radius 1 is 1.00 bits per heavy atom. The molecule has 1 atom stereocenters. The van der Waals surface area contributed by atoms with Crippen LogP contribution in [0.1, 0.15) is 6.42 Å². The van der Waals surface area contributed by atoms with Crippen LogP contribution in [0.5, 0.6) is 0 Å². The van der Waals surface area contributed by atoms with E-state index in [-0.39, 0.29) is 6.42 Å². The lowest BCUT2D eigenvalue weighted by atomic mass is 9.68. The highest BCUT2D eigenvalue weighted by Crippen LogP contribution is 2.51. The summed E-state index contributed by atoms with van der Waals surface area (Å²) in [7, 11) is 0. The van der Waals surface area contributed by atoms with Crippen LogP contribution in [0.25, 0.3) is 0 Å². The van der Waals surface area contributed by atoms with Gasteiger partial charge in [-0.05, 0) is 6.42 Å². The van der Waals surface area contributed by atoms with Gasteiger partial charge in [-0.15, -0.1) is 0 Å². The lowest BCUT2D eigenvalue weighted by Crippen LogP contribution is -2.47. The number of allylic oxidation sites excluding steroid dienone is 6. The fourth-order valence-corrected chi connectivity index (χ4v) is 2.55. The Bertz CT molecular complexity index is 591. The van der Waals surface area contributed by atoms with Crippen molar-refractivity contribution >= 4 is 0 Å². The third-order valence-electron chi connectivity index (χ3n) is 3.90. The molecule has 2 aliphatic carbocycles. The summed E-state index contributed by atoms with van der Waals surface area (Å²) in [5, 5.41) is 21.8. The lowest BCUT2D eigenvalue weighted by molar-refractivity contribution is -0.765. The highest BCUT2D eigenvalue weighted by molar-refractivity contribution is 5.29. The van der Waals surface area contributed by atoms with Crippen molar-refractivity contribution in [1.82, 2.24) is 0 Å². The molecule has 0 fully saturated rings. The molecule has 0 heterocycles. The van der Waals surface area contributed by atoms with E-state index in [0.717, 1.165) is 18.2 Å². The van der Waals surface area contributed by atoms with Gasteiger partial charge in [-0.1, -0.05) is 36.5 Å². The van der Waals surface area contributed by atoms with Gasteiger partial charge in [0.05, 0.1) is 17.6 Å². The van der Waals surface area contributed by atoms with Gasteiger partial charge in [0.2, 0.25) is 0 Å². The van der Waals surface area contributed by atoms with Gasteiger partial charge in [-0.2, -0.15) is 13.2 Å². The Morgan fingerprint density at radius 2 is 1.55 bits per heavy atom. The standard InChI is InChI=1S/C13H11F3N2O4/c14-13(15,16)11(6-2-1-3-7-11)10-4-8-12(9-5-10,17(19)20)18(21)22/h1-6,8-10H,7H2. The zero-order chi connectivity index (χ0) is 16.6. The molecule has 22 heavy (non-hydrogen) atoms. The molecule has 0 saturated carbocycles. The van der Waals surface area contributed by atoms with Gasteiger partial charge in [0, 0.05) is 5.92 Å². The first-order valence-electron chi connectivity index (χ1n) is 6.24. The number of rotatable bonds is 3. The number of halogens is 3. The van der Waals surface area contributed by atoms with Crippen molar-refractivity contribution in [3.8, 4) is 0 Å². The fraction of sp³-hybridized carbons (Fsp3) is 0.385. The summed E-state index contributed by atoms with van der Waals surface area (Å²) >= 11 is 0. The SMILES string of the molecule is O=[N+]([O-])C1([N+](=O)[O-])C=CC(C2(C(F)(F)F)C=CC=CC2)C=C1. The van der Waals surface area contributed by atoms with Crippen molar-refractivity contribution in [2.75, 3.05) is 0 Å². The molecule has 0 saturated heterocycles. The maximum atomic E-state index is 13.5. The van der Waals surface area contributed by atoms with E-state index in [9.17, 15) is 33.4 Å². The molecule has 0 aromatic carbocycles. The van der Waals surface area contributed by atoms with E-state index in [0.29, 0.717) is 12.2 Å². The summed E-state index contributed by atoms with van der Waals surface area (Å²) in [6.45, 7) is 0. The molecule has 9 heteroatoms. The zero-order valence-corrected chi connectivity index (χ0v) is 11.1. The summed E-state index contributed by atoms with van der Waals surface area (Å²) in [4.78, 5) is 19.5. The van der Waals surface area contributed by atoms with Crippen LogP contribution in [-0.4, -0.2) is 21.7 Å². The molecule has 0 N–H and O–H groups in total. The van der Waals surface area contributed by atoms with Crippen molar-refractivity contribution in [3.63, 3.8) is 0 Å². The van der Waals surface area contributed by atoms with Crippen LogP contribution in [0.3, 0.4) is 0 Å². The van der Waals surface area contributed by atoms with Gasteiger partial charge in [0.1, 0.15) is 9.85 Å². The van der Waals surface area contributed by atoms with Crippen LogP contribution in [0.4, 0.5) is 13.2 Å². The van der Waals surface area contributed by atoms with Crippen LogP contribution in [0.15, 0.2) is 48.6 Å². The quantitative estimate of drug-likeness (QED) is 0.346. The molecule has 0 bridgehead atoms. The van der Waals surface area contributed by atoms with Gasteiger partial charge in [-0.25, -0.2) is 0 Å². The second kappa shape index (κ2) is 5.08. The average molecular weight is 316 g/mol. The number of hydrogen-bond donors (Lipinski definition) is 0. The number of nitrogens with zero attached hydrogens (tertiary/aromatic N) is 2. The molecule has 118 valence electrons. The molecular formula is C13H11F3N2O4. The summed E-state index contributed by atoms with van der Waals surface area (Å²) in [6, 6.07) is 0. The molecule has 2 rings (SSSR count). The summed E-state index contributed by atoms with van der Waals surface area (Å²) in [5.41, 5.74) is -4.97. The van der Waals surface area contributed by atoms with E-state index in [1.165, 1.54) is 18.2 Å². The Labute approximate surface area is 122 Å². The van der Waals surface area contributed by atoms with E-state index in [2.05, 4.69) is 0 Å². The van der Waals surface area contributed by atoms with Crippen LogP contribution in [0, 0.1) is 31.6 Å². The maximum absolute atomic E-state index is 13.5. The molecular weight excluding hydrogens is 305 g/mol. The normalized spacial score (nSPS) is 27.0. The Kier molecular flexibility index (Phi) is 3.68. The van der Waals surface area contributed by atoms with Gasteiger partial charge in [0.25, 0.3) is 0 Å². The molecule has 2 aliphatic rings. The van der Waals surface area contributed by atoms with E-state index in [1.807, 2.05) is 0 Å². The second-order valence-corrected chi connectivity index (χ2v) is 5.07. The Balaban J connectivity index is 2.42. The van der Waals surface area contributed by atoms with Crippen LogP contribution in [-0.2, 0) is 0 Å². The van der Waals surface area contributed by atoms with E-state index >= 15 is 0 Å². The summed E-state index contributed by atoms with van der Waals surface area (Å²) < 4.78 is 40.4. The maximum Gasteiger partial charge on any atom is 0.497 e. The first-order chi connectivity index (χ1) is 10.2. The molecule has 0 spiro atoms. The topological polar surface area (TPSA) is 86.3 Å². The predicted octanol–water partition coefficient (Wildman–Crippen LogP) is 3.04. The van der Waals surface area contributed by atoms with Gasteiger partial charge < -0.3 is 0 Å². The molecule has 0 aromatic rings. The predicted molar refractivity (Wildman–Crippen MR) is 69.9 cm³/mol. The summed E-state index contributed by atoms with van der Waals surface area (Å²) in [5.74, 6) is -1.25. The third kappa shape index (κ3) is 2.22. The van der Waals surface area contributed by atoms with Gasteiger partial charge in [-0.3, -0.25) is 20.2 Å². The van der Waals surface area contributed by atoms with Crippen molar-refractivity contribution in [2.45, 2.75) is 18.3 Å². The minimum absolute atomic E-state index is 0.337. The van der Waals surface area contributed by atoms with Crippen molar-refractivity contribution in [1.29, 1.82) is 0 Å². The van der Waals surface area contributed by atoms with E-state index in [4.69, 9.17) is 0 Å². The number of nitro groups is 2. The first-order valence-corrected chi connectivity index (χ1v) is 6.24. The van der Waals surface area contributed by atoms with Gasteiger partial charge in [0.15, 0.2) is 0 Å². The molecule has 0 aromatic heterocycles. The number of alkyl halides is 3. The van der Waals surface area contributed by atoms with Crippen molar-refractivity contribution in [3.05, 3.63) is 68.8 Å². The molecule has 6 nitrogen and oxygen atoms in total. The Morgan fingerprint density at radius 3 is 1.91 bits per heavy atom. The number of hydrogen-bond acceptors (Lipinski definition) is 4. The van der Waals surface area contributed by atoms with Crippen molar-refractivity contribution in [2.24, 2.45) is 11.3 Å². The molecule has 0 radical (unpaired) electrons. The molecule has 0 aliphatic heterocycles. The fourth-order valence-electron chi connectivity index (χ4n) is 2.55. The monoisotopic (exact) mass is 316 g/mol. The lowest BCUT2D eigenvalue weighted by Gasteiger charge is -2.38. The third-order valence-corrected chi connectivity index (χ3v) is 3.90. The largest absolute Gasteiger partial charge is 0.497 e.